The van der Waals surface area contributed by atoms with Crippen molar-refractivity contribution in [3.8, 4) is 5.75 Å². The number of sulfonamides is 1. The molecule has 0 bridgehead atoms. The number of nitrogens with zero attached hydrogens (tertiary/aromatic N) is 2. The van der Waals surface area contributed by atoms with Crippen LogP contribution in [-0.4, -0.2) is 38.0 Å². The van der Waals surface area contributed by atoms with Gasteiger partial charge in [0.15, 0.2) is 0 Å². The molecule has 0 aliphatic rings. The molecule has 1 N–H and O–H groups in total. The molecule has 0 heterocycles. The number of benzene rings is 3. The van der Waals surface area contributed by atoms with Gasteiger partial charge < -0.3 is 4.74 Å². The first kappa shape index (κ1) is 27.0. The number of hydrogen-bond acceptors (Lipinski definition) is 5. The molecule has 0 saturated carbocycles. The molecule has 0 atom stereocenters. The monoisotopic (exact) mass is 553 g/mol. The van der Waals surface area contributed by atoms with E-state index in [1.807, 2.05) is 13.0 Å². The zero-order valence-corrected chi connectivity index (χ0v) is 21.7. The van der Waals surface area contributed by atoms with Crippen LogP contribution < -0.4 is 10.2 Å². The summed E-state index contributed by atoms with van der Waals surface area (Å²) in [5.74, 6) is -0.0517. The summed E-state index contributed by atoms with van der Waals surface area (Å²) in [4.78, 5) is 12.7. The Hall–Kier alpha value is -2.62. The van der Waals surface area contributed by atoms with Crippen molar-refractivity contribution in [2.45, 2.75) is 18.4 Å². The predicted molar refractivity (Wildman–Crippen MR) is 139 cm³/mol. The number of carbonyl (C=O) groups excluding carboxylic acids is 1. The number of halogens is 3. The Labute approximate surface area is 219 Å². The maximum absolute atomic E-state index is 13.4. The normalized spacial score (nSPS) is 11.7. The molecule has 0 aliphatic heterocycles. The third-order valence-electron chi connectivity index (χ3n) is 4.78. The van der Waals surface area contributed by atoms with Crippen LogP contribution in [0.15, 0.2) is 76.7 Å². The molecule has 7 nitrogen and oxygen atoms in total. The molecule has 0 aromatic heterocycles. The van der Waals surface area contributed by atoms with Crippen LogP contribution in [0.3, 0.4) is 0 Å². The third-order valence-corrected chi connectivity index (χ3v) is 7.55. The topological polar surface area (TPSA) is 88.1 Å². The molecule has 0 saturated heterocycles. The van der Waals surface area contributed by atoms with Gasteiger partial charge in [-0.2, -0.15) is 9.41 Å². The van der Waals surface area contributed by atoms with Crippen LogP contribution in [0.2, 0.25) is 15.1 Å². The lowest BCUT2D eigenvalue weighted by Gasteiger charge is -2.22. The second-order valence-corrected chi connectivity index (χ2v) is 10.4. The molecular weight excluding hydrogens is 533 g/mol. The largest absolute Gasteiger partial charge is 0.493 e. The molecule has 0 unspecified atom stereocenters. The van der Waals surface area contributed by atoms with E-state index >= 15 is 0 Å². The highest BCUT2D eigenvalue weighted by Gasteiger charge is 2.28. The average Bonchev–Trinajstić information content (AvgIpc) is 2.82. The molecular formula is C24H22Cl3N3O4S. The van der Waals surface area contributed by atoms with E-state index in [4.69, 9.17) is 39.5 Å². The molecule has 0 fully saturated rings. The third kappa shape index (κ3) is 7.19. The first-order chi connectivity index (χ1) is 16.7. The molecule has 0 radical (unpaired) electrons. The summed E-state index contributed by atoms with van der Waals surface area (Å²) in [6.07, 6.45) is 1.42. The number of hydrazone groups is 1. The van der Waals surface area contributed by atoms with Crippen molar-refractivity contribution in [1.29, 1.82) is 0 Å². The van der Waals surface area contributed by atoms with Gasteiger partial charge in [0, 0.05) is 32.7 Å². The Morgan fingerprint density at radius 2 is 1.66 bits per heavy atom. The SMILES string of the molecule is CCOc1ccccc1/C=N\NC(=O)CN(Cc1c(Cl)cccc1Cl)S(=O)(=O)c1ccc(Cl)cc1. The van der Waals surface area contributed by atoms with E-state index < -0.39 is 22.5 Å². The van der Waals surface area contributed by atoms with E-state index in [-0.39, 0.29) is 21.5 Å². The Morgan fingerprint density at radius 3 is 2.31 bits per heavy atom. The standard InChI is InChI=1S/C24H22Cl3N3O4S/c1-2-34-23-9-4-3-6-17(23)14-28-29-24(31)16-30(15-20-21(26)7-5-8-22(20)27)35(32,33)19-12-10-18(25)11-13-19/h3-14H,2,15-16H2,1H3,(H,29,31)/b28-14-. The van der Waals surface area contributed by atoms with E-state index in [0.29, 0.717) is 28.5 Å². The molecule has 0 spiro atoms. The van der Waals surface area contributed by atoms with Gasteiger partial charge in [-0.1, -0.05) is 53.0 Å². The number of hydrogen-bond donors (Lipinski definition) is 1. The van der Waals surface area contributed by atoms with Crippen molar-refractivity contribution >= 4 is 56.9 Å². The number of nitrogens with one attached hydrogen (secondary N) is 1. The minimum absolute atomic E-state index is 0.0352. The van der Waals surface area contributed by atoms with Crippen LogP contribution in [0.5, 0.6) is 5.75 Å². The Morgan fingerprint density at radius 1 is 1.00 bits per heavy atom. The van der Waals surface area contributed by atoms with Gasteiger partial charge in [-0.05, 0) is 55.5 Å². The number of para-hydroxylation sites is 1. The van der Waals surface area contributed by atoms with E-state index in [0.717, 1.165) is 4.31 Å². The highest BCUT2D eigenvalue weighted by atomic mass is 35.5. The lowest BCUT2D eigenvalue weighted by Crippen LogP contribution is -2.39. The number of amides is 1. The summed E-state index contributed by atoms with van der Waals surface area (Å²) >= 11 is 18.4. The summed E-state index contributed by atoms with van der Waals surface area (Å²) in [7, 11) is -4.11. The van der Waals surface area contributed by atoms with E-state index in [2.05, 4.69) is 10.5 Å². The van der Waals surface area contributed by atoms with E-state index in [9.17, 15) is 13.2 Å². The second kappa shape index (κ2) is 12.4. The van der Waals surface area contributed by atoms with Crippen molar-refractivity contribution in [2.75, 3.05) is 13.2 Å². The van der Waals surface area contributed by atoms with Crippen molar-refractivity contribution in [2.24, 2.45) is 5.10 Å². The van der Waals surface area contributed by atoms with Crippen molar-refractivity contribution < 1.29 is 17.9 Å². The zero-order chi connectivity index (χ0) is 25.4. The molecule has 3 aromatic carbocycles. The summed E-state index contributed by atoms with van der Waals surface area (Å²) in [6, 6.07) is 17.6. The molecule has 11 heteroatoms. The minimum atomic E-state index is -4.11. The van der Waals surface area contributed by atoms with Gasteiger partial charge in [-0.3, -0.25) is 4.79 Å². The van der Waals surface area contributed by atoms with Crippen LogP contribution in [0.1, 0.15) is 18.1 Å². The second-order valence-electron chi connectivity index (χ2n) is 7.19. The fraction of sp³-hybridized carbons (Fsp3) is 0.167. The molecule has 0 aliphatic carbocycles. The number of ether oxygens (including phenoxy) is 1. The highest BCUT2D eigenvalue weighted by Crippen LogP contribution is 2.28. The quantitative estimate of drug-likeness (QED) is 0.269. The Bertz CT molecular complexity index is 1300. The fourth-order valence-electron chi connectivity index (χ4n) is 3.08. The summed E-state index contributed by atoms with van der Waals surface area (Å²) in [6.45, 7) is 1.57. The van der Waals surface area contributed by atoms with Crippen LogP contribution >= 0.6 is 34.8 Å². The molecule has 3 aromatic rings. The van der Waals surface area contributed by atoms with Gasteiger partial charge in [-0.15, -0.1) is 0 Å². The molecule has 35 heavy (non-hydrogen) atoms. The van der Waals surface area contributed by atoms with Gasteiger partial charge in [0.25, 0.3) is 5.91 Å². The van der Waals surface area contributed by atoms with Gasteiger partial charge >= 0.3 is 0 Å². The molecule has 1 amide bonds. The lowest BCUT2D eigenvalue weighted by molar-refractivity contribution is -0.121. The van der Waals surface area contributed by atoms with Crippen LogP contribution in [0.25, 0.3) is 0 Å². The molecule has 184 valence electrons. The predicted octanol–water partition coefficient (Wildman–Crippen LogP) is 5.39. The van der Waals surface area contributed by atoms with E-state index in [1.54, 1.807) is 36.4 Å². The fourth-order valence-corrected chi connectivity index (χ4v) is 5.09. The van der Waals surface area contributed by atoms with Gasteiger partial charge in [0.05, 0.1) is 24.3 Å². The Kier molecular flexibility index (Phi) is 9.54. The summed E-state index contributed by atoms with van der Waals surface area (Å²) in [5, 5.41) is 4.88. The number of carbonyl (C=O) groups is 1. The van der Waals surface area contributed by atoms with Gasteiger partial charge in [0.1, 0.15) is 5.75 Å². The van der Waals surface area contributed by atoms with Crippen molar-refractivity contribution in [3.05, 3.63) is 92.9 Å². The van der Waals surface area contributed by atoms with Gasteiger partial charge in [-0.25, -0.2) is 13.8 Å². The van der Waals surface area contributed by atoms with Crippen LogP contribution in [0.4, 0.5) is 0 Å². The average molecular weight is 555 g/mol. The summed E-state index contributed by atoms with van der Waals surface area (Å²) in [5.41, 5.74) is 3.39. The number of rotatable bonds is 10. The maximum atomic E-state index is 13.4. The zero-order valence-electron chi connectivity index (χ0n) is 18.6. The first-order valence-electron chi connectivity index (χ1n) is 10.4. The lowest BCUT2D eigenvalue weighted by atomic mass is 10.2. The molecule has 3 rings (SSSR count). The minimum Gasteiger partial charge on any atom is -0.493 e. The maximum Gasteiger partial charge on any atom is 0.255 e. The van der Waals surface area contributed by atoms with Crippen LogP contribution in [0, 0.1) is 0 Å². The van der Waals surface area contributed by atoms with Crippen molar-refractivity contribution in [1.82, 2.24) is 9.73 Å². The van der Waals surface area contributed by atoms with E-state index in [1.165, 1.54) is 30.5 Å². The summed E-state index contributed by atoms with van der Waals surface area (Å²) < 4.78 is 33.3. The van der Waals surface area contributed by atoms with Crippen molar-refractivity contribution in [3.63, 3.8) is 0 Å². The highest BCUT2D eigenvalue weighted by molar-refractivity contribution is 7.89. The van der Waals surface area contributed by atoms with Gasteiger partial charge in [0.2, 0.25) is 10.0 Å². The first-order valence-corrected chi connectivity index (χ1v) is 13.0. The van der Waals surface area contributed by atoms with Crippen LogP contribution in [-0.2, 0) is 21.4 Å². The smallest absolute Gasteiger partial charge is 0.255 e. The Balaban J connectivity index is 1.84.